The first kappa shape index (κ1) is 12.1. The maximum atomic E-state index is 11.5. The molecule has 1 fully saturated rings. The van der Waals surface area contributed by atoms with Gasteiger partial charge in [0.1, 0.15) is 17.2 Å². The number of nitrogens with one attached hydrogen (secondary N) is 1. The van der Waals surface area contributed by atoms with Gasteiger partial charge in [-0.2, -0.15) is 0 Å². The number of rotatable bonds is 3. The van der Waals surface area contributed by atoms with Crippen LogP contribution >= 0.6 is 0 Å². The number of H-pyrrole nitrogens is 1. The zero-order valence-electron chi connectivity index (χ0n) is 10.2. The van der Waals surface area contributed by atoms with Gasteiger partial charge in [-0.1, -0.05) is 19.3 Å². The Bertz CT molecular complexity index is 430. The molecule has 0 unspecified atom stereocenters. The van der Waals surface area contributed by atoms with Crippen LogP contribution in [-0.2, 0) is 10.3 Å². The molecule has 1 aromatic heterocycles. The monoisotopic (exact) mass is 237 g/mol. The Kier molecular flexibility index (Phi) is 3.47. The van der Waals surface area contributed by atoms with Crippen LogP contribution in [0.15, 0.2) is 10.9 Å². The Morgan fingerprint density at radius 1 is 1.47 bits per heavy atom. The summed E-state index contributed by atoms with van der Waals surface area (Å²) in [6.07, 6.45) is 5.19. The average molecular weight is 237 g/mol. The Balaban J connectivity index is 2.40. The molecule has 0 radical (unpaired) electrons. The lowest BCUT2D eigenvalue weighted by molar-refractivity contribution is -0.0767. The van der Waals surface area contributed by atoms with Crippen molar-refractivity contribution < 1.29 is 4.74 Å². The Morgan fingerprint density at radius 3 is 2.76 bits per heavy atom. The number of ether oxygens (including phenoxy) is 1. The Labute approximate surface area is 100 Å². The van der Waals surface area contributed by atoms with E-state index in [0.29, 0.717) is 12.4 Å². The van der Waals surface area contributed by atoms with Gasteiger partial charge in [0.2, 0.25) is 0 Å². The van der Waals surface area contributed by atoms with Crippen LogP contribution < -0.4 is 11.3 Å². The van der Waals surface area contributed by atoms with Crippen LogP contribution in [0.5, 0.6) is 0 Å². The fraction of sp³-hybridized carbons (Fsp3) is 0.667. The fourth-order valence-electron chi connectivity index (χ4n) is 2.54. The molecule has 5 nitrogen and oxygen atoms in total. The maximum absolute atomic E-state index is 11.5. The summed E-state index contributed by atoms with van der Waals surface area (Å²) < 4.78 is 5.88. The fourth-order valence-corrected chi connectivity index (χ4v) is 2.54. The predicted molar refractivity (Wildman–Crippen MR) is 65.7 cm³/mol. The second kappa shape index (κ2) is 4.87. The van der Waals surface area contributed by atoms with Crippen molar-refractivity contribution in [3.63, 3.8) is 0 Å². The zero-order chi connectivity index (χ0) is 12.3. The van der Waals surface area contributed by atoms with E-state index in [0.717, 1.165) is 25.7 Å². The molecule has 5 heteroatoms. The summed E-state index contributed by atoms with van der Waals surface area (Å²) in [4.78, 5) is 18.5. The maximum Gasteiger partial charge on any atom is 0.253 e. The summed E-state index contributed by atoms with van der Waals surface area (Å²) in [5.74, 6) is 0.845. The van der Waals surface area contributed by atoms with Gasteiger partial charge in [0.15, 0.2) is 0 Å². The number of nitrogens with two attached hydrogens (primary N) is 1. The molecule has 1 heterocycles. The van der Waals surface area contributed by atoms with Gasteiger partial charge in [0, 0.05) is 12.7 Å². The van der Waals surface area contributed by atoms with Crippen molar-refractivity contribution in [2.75, 3.05) is 12.3 Å². The van der Waals surface area contributed by atoms with Crippen LogP contribution in [0.2, 0.25) is 0 Å². The van der Waals surface area contributed by atoms with Gasteiger partial charge in [0.25, 0.3) is 5.56 Å². The molecule has 0 atom stereocenters. The molecule has 0 aromatic carbocycles. The molecule has 0 spiro atoms. The van der Waals surface area contributed by atoms with E-state index in [1.807, 2.05) is 6.92 Å². The minimum atomic E-state index is -0.443. The normalized spacial score (nSPS) is 19.1. The molecule has 0 amide bonds. The average Bonchev–Trinajstić information content (AvgIpc) is 2.29. The standard InChI is InChI=1S/C12H19N3O2/c1-2-17-12(6-4-3-5-7-12)11-14-9(13)8-10(16)15-11/h8H,2-7H2,1H3,(H3,13,14,15,16). The smallest absolute Gasteiger partial charge is 0.253 e. The van der Waals surface area contributed by atoms with Crippen molar-refractivity contribution in [1.29, 1.82) is 0 Å². The third-order valence-electron chi connectivity index (χ3n) is 3.27. The lowest BCUT2D eigenvalue weighted by atomic mass is 9.84. The largest absolute Gasteiger partial charge is 0.383 e. The van der Waals surface area contributed by atoms with Gasteiger partial charge in [-0.15, -0.1) is 0 Å². The molecule has 0 bridgehead atoms. The molecular weight excluding hydrogens is 218 g/mol. The summed E-state index contributed by atoms with van der Waals surface area (Å²) in [5.41, 5.74) is 4.98. The van der Waals surface area contributed by atoms with Gasteiger partial charge < -0.3 is 15.5 Å². The number of nitrogen functional groups attached to an aromatic ring is 1. The van der Waals surface area contributed by atoms with Crippen molar-refractivity contribution in [2.45, 2.75) is 44.6 Å². The Hall–Kier alpha value is -1.36. The van der Waals surface area contributed by atoms with Gasteiger partial charge in [0.05, 0.1) is 0 Å². The molecule has 1 saturated carbocycles. The second-order valence-corrected chi connectivity index (χ2v) is 4.51. The summed E-state index contributed by atoms with van der Waals surface area (Å²) in [6, 6.07) is 1.30. The summed E-state index contributed by atoms with van der Waals surface area (Å²) >= 11 is 0. The highest BCUT2D eigenvalue weighted by Crippen LogP contribution is 2.38. The van der Waals surface area contributed by atoms with E-state index in [1.165, 1.54) is 12.5 Å². The second-order valence-electron chi connectivity index (χ2n) is 4.51. The first-order chi connectivity index (χ1) is 8.16. The highest BCUT2D eigenvalue weighted by molar-refractivity contribution is 5.27. The minimum absolute atomic E-state index is 0.211. The van der Waals surface area contributed by atoms with Crippen molar-refractivity contribution >= 4 is 5.82 Å². The summed E-state index contributed by atoms with van der Waals surface area (Å²) in [5, 5.41) is 0. The van der Waals surface area contributed by atoms with Gasteiger partial charge >= 0.3 is 0 Å². The molecule has 3 N–H and O–H groups in total. The molecule has 1 aliphatic rings. The first-order valence-corrected chi connectivity index (χ1v) is 6.17. The SMILES string of the molecule is CCOC1(c2nc(N)cc(=O)[nH]2)CCCCC1. The predicted octanol–water partition coefficient (Wildman–Crippen LogP) is 1.55. The number of nitrogens with zero attached hydrogens (tertiary/aromatic N) is 1. The number of hydrogen-bond acceptors (Lipinski definition) is 4. The van der Waals surface area contributed by atoms with Crippen molar-refractivity contribution in [3.05, 3.63) is 22.2 Å². The van der Waals surface area contributed by atoms with Gasteiger partial charge in [-0.05, 0) is 19.8 Å². The molecule has 0 aliphatic heterocycles. The van der Waals surface area contributed by atoms with E-state index < -0.39 is 5.60 Å². The number of anilines is 1. The minimum Gasteiger partial charge on any atom is -0.383 e. The third-order valence-corrected chi connectivity index (χ3v) is 3.27. The lowest BCUT2D eigenvalue weighted by Crippen LogP contribution is -2.36. The van der Waals surface area contributed by atoms with E-state index in [2.05, 4.69) is 9.97 Å². The van der Waals surface area contributed by atoms with Gasteiger partial charge in [-0.25, -0.2) is 4.98 Å². The molecule has 17 heavy (non-hydrogen) atoms. The summed E-state index contributed by atoms with van der Waals surface area (Å²) in [7, 11) is 0. The van der Waals surface area contributed by atoms with Crippen LogP contribution in [0.1, 0.15) is 44.9 Å². The van der Waals surface area contributed by atoms with Gasteiger partial charge in [-0.3, -0.25) is 4.79 Å². The van der Waals surface area contributed by atoms with E-state index in [1.54, 1.807) is 0 Å². The van der Waals surface area contributed by atoms with E-state index in [4.69, 9.17) is 10.5 Å². The van der Waals surface area contributed by atoms with Crippen LogP contribution in [0, 0.1) is 0 Å². The first-order valence-electron chi connectivity index (χ1n) is 6.17. The van der Waals surface area contributed by atoms with E-state index >= 15 is 0 Å². The van der Waals surface area contributed by atoms with Crippen LogP contribution in [0.4, 0.5) is 5.82 Å². The number of aromatic nitrogens is 2. The van der Waals surface area contributed by atoms with E-state index in [-0.39, 0.29) is 11.4 Å². The zero-order valence-corrected chi connectivity index (χ0v) is 10.2. The highest BCUT2D eigenvalue weighted by atomic mass is 16.5. The topological polar surface area (TPSA) is 81.0 Å². The van der Waals surface area contributed by atoms with E-state index in [9.17, 15) is 4.79 Å². The number of aromatic amines is 1. The third kappa shape index (κ3) is 2.49. The lowest BCUT2D eigenvalue weighted by Gasteiger charge is -2.35. The molecule has 1 aromatic rings. The summed E-state index contributed by atoms with van der Waals surface area (Å²) in [6.45, 7) is 2.57. The van der Waals surface area contributed by atoms with Crippen LogP contribution in [0.3, 0.4) is 0 Å². The molecule has 2 rings (SSSR count). The molecule has 1 aliphatic carbocycles. The Morgan fingerprint density at radius 2 is 2.18 bits per heavy atom. The number of hydrogen-bond donors (Lipinski definition) is 2. The van der Waals surface area contributed by atoms with Crippen LogP contribution in [-0.4, -0.2) is 16.6 Å². The quantitative estimate of drug-likeness (QED) is 0.835. The van der Waals surface area contributed by atoms with Crippen LogP contribution in [0.25, 0.3) is 0 Å². The van der Waals surface area contributed by atoms with Crippen molar-refractivity contribution in [1.82, 2.24) is 9.97 Å². The van der Waals surface area contributed by atoms with Crippen molar-refractivity contribution in [2.24, 2.45) is 0 Å². The molecular formula is C12H19N3O2. The molecule has 94 valence electrons. The highest BCUT2D eigenvalue weighted by Gasteiger charge is 2.37. The van der Waals surface area contributed by atoms with Crippen molar-refractivity contribution in [3.8, 4) is 0 Å². The molecule has 0 saturated heterocycles.